The van der Waals surface area contributed by atoms with Gasteiger partial charge in [0.25, 0.3) is 0 Å². The van der Waals surface area contributed by atoms with Crippen molar-refractivity contribution in [3.05, 3.63) is 69.2 Å². The fourth-order valence-corrected chi connectivity index (χ4v) is 3.32. The summed E-state index contributed by atoms with van der Waals surface area (Å²) in [7, 11) is 0. The van der Waals surface area contributed by atoms with Gasteiger partial charge in [-0.05, 0) is 29.8 Å². The van der Waals surface area contributed by atoms with E-state index in [2.05, 4.69) is 31.9 Å². The molecule has 2 rings (SSSR count). The van der Waals surface area contributed by atoms with Gasteiger partial charge in [0.2, 0.25) is 0 Å². The van der Waals surface area contributed by atoms with Gasteiger partial charge in [-0.15, -0.1) is 0 Å². The van der Waals surface area contributed by atoms with Crippen LogP contribution in [-0.2, 0) is 6.18 Å². The number of benzene rings is 2. The first kappa shape index (κ1) is 16.4. The van der Waals surface area contributed by atoms with Crippen LogP contribution < -0.4 is 0 Å². The van der Waals surface area contributed by atoms with Crippen molar-refractivity contribution in [1.29, 1.82) is 0 Å². The maximum Gasteiger partial charge on any atom is 0.416 e. The van der Waals surface area contributed by atoms with Crippen LogP contribution in [0.4, 0.5) is 22.0 Å². The van der Waals surface area contributed by atoms with E-state index in [9.17, 15) is 22.0 Å². The Hall–Kier alpha value is -0.950. The molecule has 2 aromatic rings. The average molecular weight is 430 g/mol. The molecule has 0 aliphatic carbocycles. The van der Waals surface area contributed by atoms with Crippen molar-refractivity contribution in [3.63, 3.8) is 0 Å². The molecule has 7 heteroatoms. The molecular formula is C14H7Br2F5. The van der Waals surface area contributed by atoms with Crippen molar-refractivity contribution < 1.29 is 22.0 Å². The summed E-state index contributed by atoms with van der Waals surface area (Å²) in [5.74, 6) is -1.58. The molecule has 0 N–H and O–H groups in total. The molecule has 112 valence electrons. The smallest absolute Gasteiger partial charge is 0.207 e. The molecule has 0 aliphatic rings. The molecule has 0 aromatic heterocycles. The van der Waals surface area contributed by atoms with Crippen LogP contribution in [0.5, 0.6) is 0 Å². The standard InChI is InChI=1S/C14H7Br2F5/c15-11-4-1-7(14(19,20)21)5-10(11)13(16)9-3-2-8(17)6-12(9)18/h1-6,13H. The predicted octanol–water partition coefficient (Wildman–Crippen LogP) is 6.23. The van der Waals surface area contributed by atoms with E-state index in [0.717, 1.165) is 18.2 Å². The SMILES string of the molecule is Fc1ccc(C(Br)c2cc(C(F)(F)F)ccc2Br)c(F)c1. The average Bonchev–Trinajstić information content (AvgIpc) is 2.37. The van der Waals surface area contributed by atoms with Crippen molar-refractivity contribution in [1.82, 2.24) is 0 Å². The highest BCUT2D eigenvalue weighted by Crippen LogP contribution is 2.40. The van der Waals surface area contributed by atoms with Crippen LogP contribution >= 0.6 is 31.9 Å². The molecule has 0 aliphatic heterocycles. The van der Waals surface area contributed by atoms with Crippen LogP contribution in [0.2, 0.25) is 0 Å². The van der Waals surface area contributed by atoms with Crippen molar-refractivity contribution in [2.24, 2.45) is 0 Å². The van der Waals surface area contributed by atoms with E-state index in [1.165, 1.54) is 12.1 Å². The van der Waals surface area contributed by atoms with Gasteiger partial charge in [0.05, 0.1) is 10.4 Å². The highest BCUT2D eigenvalue weighted by Gasteiger charge is 2.32. The van der Waals surface area contributed by atoms with Crippen LogP contribution in [0.1, 0.15) is 21.5 Å². The van der Waals surface area contributed by atoms with Gasteiger partial charge in [-0.3, -0.25) is 0 Å². The van der Waals surface area contributed by atoms with E-state index in [4.69, 9.17) is 0 Å². The van der Waals surface area contributed by atoms with Crippen LogP contribution in [0.15, 0.2) is 40.9 Å². The number of alkyl halides is 4. The maximum absolute atomic E-state index is 13.7. The van der Waals surface area contributed by atoms with E-state index in [1.807, 2.05) is 0 Å². The van der Waals surface area contributed by atoms with E-state index >= 15 is 0 Å². The fourth-order valence-electron chi connectivity index (χ4n) is 1.79. The maximum atomic E-state index is 13.7. The van der Waals surface area contributed by atoms with Crippen LogP contribution in [0.3, 0.4) is 0 Å². The Bertz CT molecular complexity index is 667. The quantitative estimate of drug-likeness (QED) is 0.392. The lowest BCUT2D eigenvalue weighted by molar-refractivity contribution is -0.137. The van der Waals surface area contributed by atoms with E-state index in [0.29, 0.717) is 10.5 Å². The Morgan fingerprint density at radius 3 is 2.14 bits per heavy atom. The monoisotopic (exact) mass is 428 g/mol. The lowest BCUT2D eigenvalue weighted by atomic mass is 10.0. The second kappa shape index (κ2) is 6.04. The van der Waals surface area contributed by atoms with Crippen molar-refractivity contribution >= 4 is 31.9 Å². The summed E-state index contributed by atoms with van der Waals surface area (Å²) in [6.45, 7) is 0. The number of hydrogen-bond acceptors (Lipinski definition) is 0. The zero-order valence-electron chi connectivity index (χ0n) is 10.2. The molecule has 0 radical (unpaired) electrons. The van der Waals surface area contributed by atoms with Gasteiger partial charge in [0.15, 0.2) is 0 Å². The molecule has 0 heterocycles. The van der Waals surface area contributed by atoms with Crippen LogP contribution in [0, 0.1) is 11.6 Å². The summed E-state index contributed by atoms with van der Waals surface area (Å²) in [5.41, 5.74) is -0.584. The van der Waals surface area contributed by atoms with Gasteiger partial charge in [0.1, 0.15) is 11.6 Å². The minimum Gasteiger partial charge on any atom is -0.207 e. The van der Waals surface area contributed by atoms with Gasteiger partial charge in [-0.1, -0.05) is 37.9 Å². The van der Waals surface area contributed by atoms with Crippen LogP contribution in [0.25, 0.3) is 0 Å². The van der Waals surface area contributed by atoms with E-state index in [-0.39, 0.29) is 11.1 Å². The molecule has 0 fully saturated rings. The molecule has 2 aromatic carbocycles. The van der Waals surface area contributed by atoms with E-state index in [1.54, 1.807) is 0 Å². The third-order valence-electron chi connectivity index (χ3n) is 2.83. The Morgan fingerprint density at radius 1 is 0.905 bits per heavy atom. The largest absolute Gasteiger partial charge is 0.416 e. The van der Waals surface area contributed by atoms with Crippen molar-refractivity contribution in [2.45, 2.75) is 11.0 Å². The second-order valence-corrected chi connectivity index (χ2v) is 6.03. The highest BCUT2D eigenvalue weighted by molar-refractivity contribution is 9.11. The predicted molar refractivity (Wildman–Crippen MR) is 76.3 cm³/mol. The zero-order valence-corrected chi connectivity index (χ0v) is 13.4. The molecule has 0 nitrogen and oxygen atoms in total. The molecule has 0 saturated carbocycles. The molecule has 1 atom stereocenters. The Morgan fingerprint density at radius 2 is 1.57 bits per heavy atom. The van der Waals surface area contributed by atoms with Gasteiger partial charge in [0, 0.05) is 16.1 Å². The summed E-state index contributed by atoms with van der Waals surface area (Å²) in [6, 6.07) is 6.02. The van der Waals surface area contributed by atoms with Gasteiger partial charge >= 0.3 is 6.18 Å². The number of hydrogen-bond donors (Lipinski definition) is 0. The Balaban J connectivity index is 2.50. The minimum atomic E-state index is -4.50. The molecule has 21 heavy (non-hydrogen) atoms. The topological polar surface area (TPSA) is 0 Å². The summed E-state index contributed by atoms with van der Waals surface area (Å²) >= 11 is 6.30. The highest BCUT2D eigenvalue weighted by atomic mass is 79.9. The fraction of sp³-hybridized carbons (Fsp3) is 0.143. The van der Waals surface area contributed by atoms with Crippen molar-refractivity contribution in [3.8, 4) is 0 Å². The summed E-state index contributed by atoms with van der Waals surface area (Å²) < 4.78 is 65.3. The minimum absolute atomic E-state index is 0.0522. The van der Waals surface area contributed by atoms with E-state index < -0.39 is 28.2 Å². The number of rotatable bonds is 2. The summed E-state index contributed by atoms with van der Waals surface area (Å²) in [5, 5.41) is 0. The molecule has 0 spiro atoms. The molecule has 0 amide bonds. The first-order chi connectivity index (χ1) is 9.70. The Kier molecular flexibility index (Phi) is 4.72. The summed E-state index contributed by atoms with van der Waals surface area (Å²) in [4.78, 5) is -0.838. The van der Waals surface area contributed by atoms with Crippen molar-refractivity contribution in [2.75, 3.05) is 0 Å². The molecule has 1 unspecified atom stereocenters. The molecule has 0 bridgehead atoms. The summed E-state index contributed by atoms with van der Waals surface area (Å²) in [6.07, 6.45) is -4.50. The second-order valence-electron chi connectivity index (χ2n) is 4.26. The normalized spacial score (nSPS) is 13.3. The van der Waals surface area contributed by atoms with Gasteiger partial charge in [-0.25, -0.2) is 8.78 Å². The first-order valence-corrected chi connectivity index (χ1v) is 7.36. The Labute approximate surface area is 134 Å². The first-order valence-electron chi connectivity index (χ1n) is 5.66. The van der Waals surface area contributed by atoms with Gasteiger partial charge in [-0.2, -0.15) is 13.2 Å². The van der Waals surface area contributed by atoms with Gasteiger partial charge < -0.3 is 0 Å². The lowest BCUT2D eigenvalue weighted by Gasteiger charge is -2.16. The third-order valence-corrected chi connectivity index (χ3v) is 4.54. The lowest BCUT2D eigenvalue weighted by Crippen LogP contribution is -2.07. The molecule has 0 saturated heterocycles. The molecular weight excluding hydrogens is 423 g/mol. The third kappa shape index (κ3) is 3.63. The number of halogens is 7. The van der Waals surface area contributed by atoms with Crippen LogP contribution in [-0.4, -0.2) is 0 Å². The zero-order chi connectivity index (χ0) is 15.8.